The van der Waals surface area contributed by atoms with Gasteiger partial charge in [-0.3, -0.25) is 4.90 Å². The van der Waals surface area contributed by atoms with Crippen LogP contribution in [-0.2, 0) is 5.54 Å². The maximum atomic E-state index is 10.1. The minimum atomic E-state index is -0.301. The lowest BCUT2D eigenvalue weighted by molar-refractivity contribution is 0.0724. The molecule has 1 aliphatic rings. The van der Waals surface area contributed by atoms with Gasteiger partial charge in [-0.25, -0.2) is 0 Å². The number of ether oxygens (including phenoxy) is 1. The molecule has 1 N–H and O–H groups in total. The van der Waals surface area contributed by atoms with Crippen molar-refractivity contribution in [3.63, 3.8) is 0 Å². The summed E-state index contributed by atoms with van der Waals surface area (Å²) in [5.74, 6) is 7.29. The Hall–Kier alpha value is -2.28. The van der Waals surface area contributed by atoms with Crippen molar-refractivity contribution in [3.05, 3.63) is 65.7 Å². The van der Waals surface area contributed by atoms with Crippen LogP contribution in [0, 0.1) is 11.8 Å². The highest BCUT2D eigenvalue weighted by Crippen LogP contribution is 2.38. The average Bonchev–Trinajstić information content (AvgIpc) is 3.07. The van der Waals surface area contributed by atoms with Crippen LogP contribution < -0.4 is 4.74 Å². The molecule has 124 valence electrons. The van der Waals surface area contributed by atoms with E-state index in [2.05, 4.69) is 28.9 Å². The number of likely N-dealkylation sites (tertiary alicyclic amines) is 1. The van der Waals surface area contributed by atoms with Crippen LogP contribution in [0.1, 0.15) is 24.0 Å². The summed E-state index contributed by atoms with van der Waals surface area (Å²) in [6, 6.07) is 18.1. The van der Waals surface area contributed by atoms with Crippen LogP contribution in [0.5, 0.6) is 5.75 Å². The minimum absolute atomic E-state index is 0.123. The lowest BCUT2D eigenvalue weighted by Crippen LogP contribution is -2.44. The normalized spacial score (nSPS) is 20.4. The molecule has 1 atom stereocenters. The maximum absolute atomic E-state index is 10.1. The summed E-state index contributed by atoms with van der Waals surface area (Å²) < 4.78 is 5.23. The SMILES string of the molecule is COc1cccc(C#CCN2CCCC2(CO)c2ccccc2)c1. The number of nitrogens with zero attached hydrogens (tertiary/aromatic N) is 1. The lowest BCUT2D eigenvalue weighted by atomic mass is 9.88. The Morgan fingerprint density at radius 3 is 2.75 bits per heavy atom. The van der Waals surface area contributed by atoms with Crippen molar-refractivity contribution in [2.45, 2.75) is 18.4 Å². The second-order valence-corrected chi connectivity index (χ2v) is 6.11. The third-order valence-corrected chi connectivity index (χ3v) is 4.77. The molecule has 0 aromatic heterocycles. The van der Waals surface area contributed by atoms with Gasteiger partial charge in [0.15, 0.2) is 0 Å². The summed E-state index contributed by atoms with van der Waals surface area (Å²) in [7, 11) is 1.66. The molecule has 3 rings (SSSR count). The zero-order valence-corrected chi connectivity index (χ0v) is 14.0. The number of rotatable bonds is 4. The fourth-order valence-corrected chi connectivity index (χ4v) is 3.45. The molecule has 0 amide bonds. The molecule has 24 heavy (non-hydrogen) atoms. The van der Waals surface area contributed by atoms with E-state index in [1.165, 1.54) is 5.56 Å². The minimum Gasteiger partial charge on any atom is -0.497 e. The molecule has 0 saturated carbocycles. The van der Waals surface area contributed by atoms with Crippen molar-refractivity contribution in [1.82, 2.24) is 4.90 Å². The van der Waals surface area contributed by atoms with Crippen molar-refractivity contribution in [2.24, 2.45) is 0 Å². The Morgan fingerprint density at radius 1 is 1.17 bits per heavy atom. The van der Waals surface area contributed by atoms with Crippen LogP contribution in [0.4, 0.5) is 0 Å². The predicted octanol–water partition coefficient (Wildman–Crippen LogP) is 3.03. The predicted molar refractivity (Wildman–Crippen MR) is 95.9 cm³/mol. The molecule has 0 aliphatic carbocycles. The maximum Gasteiger partial charge on any atom is 0.120 e. The van der Waals surface area contributed by atoms with Gasteiger partial charge >= 0.3 is 0 Å². The largest absolute Gasteiger partial charge is 0.497 e. The topological polar surface area (TPSA) is 32.7 Å². The van der Waals surface area contributed by atoms with Crippen molar-refractivity contribution in [3.8, 4) is 17.6 Å². The quantitative estimate of drug-likeness (QED) is 0.879. The van der Waals surface area contributed by atoms with Gasteiger partial charge in [0.1, 0.15) is 5.75 Å². The summed E-state index contributed by atoms with van der Waals surface area (Å²) in [5, 5.41) is 10.1. The highest BCUT2D eigenvalue weighted by molar-refractivity contribution is 5.40. The molecule has 0 radical (unpaired) electrons. The second kappa shape index (κ2) is 7.53. The van der Waals surface area contributed by atoms with Gasteiger partial charge in [0, 0.05) is 12.1 Å². The van der Waals surface area contributed by atoms with Gasteiger partial charge in [0.05, 0.1) is 25.8 Å². The van der Waals surface area contributed by atoms with Gasteiger partial charge in [-0.1, -0.05) is 48.2 Å². The van der Waals surface area contributed by atoms with E-state index in [4.69, 9.17) is 4.74 Å². The molecule has 1 unspecified atom stereocenters. The van der Waals surface area contributed by atoms with Crippen LogP contribution in [-0.4, -0.2) is 36.8 Å². The van der Waals surface area contributed by atoms with E-state index in [9.17, 15) is 5.11 Å². The summed E-state index contributed by atoms with van der Waals surface area (Å²) >= 11 is 0. The molecular formula is C21H23NO2. The van der Waals surface area contributed by atoms with Crippen molar-refractivity contribution >= 4 is 0 Å². The molecule has 0 spiro atoms. The lowest BCUT2D eigenvalue weighted by Gasteiger charge is -2.36. The van der Waals surface area contributed by atoms with Gasteiger partial charge in [0.2, 0.25) is 0 Å². The Labute approximate surface area is 143 Å². The highest BCUT2D eigenvalue weighted by atomic mass is 16.5. The molecule has 0 bridgehead atoms. The Balaban J connectivity index is 1.78. The zero-order chi connectivity index (χ0) is 16.8. The number of aliphatic hydroxyl groups excluding tert-OH is 1. The van der Waals surface area contributed by atoms with E-state index in [1.54, 1.807) is 7.11 Å². The van der Waals surface area contributed by atoms with Crippen LogP contribution in [0.25, 0.3) is 0 Å². The summed E-state index contributed by atoms with van der Waals surface area (Å²) in [4.78, 5) is 2.30. The third-order valence-electron chi connectivity index (χ3n) is 4.77. The van der Waals surface area contributed by atoms with Gasteiger partial charge in [-0.05, 0) is 36.6 Å². The zero-order valence-electron chi connectivity index (χ0n) is 14.0. The standard InChI is InChI=1S/C21H23NO2/c1-24-20-12-5-8-18(16-20)9-6-14-22-15-7-13-21(22,17-23)19-10-3-2-4-11-19/h2-5,8,10-12,16,23H,7,13-15,17H2,1H3. The monoisotopic (exact) mass is 321 g/mol. The fourth-order valence-electron chi connectivity index (χ4n) is 3.45. The molecule has 3 heteroatoms. The van der Waals surface area contributed by atoms with E-state index in [-0.39, 0.29) is 12.1 Å². The first-order valence-electron chi connectivity index (χ1n) is 8.33. The molecule has 3 nitrogen and oxygen atoms in total. The number of benzene rings is 2. The van der Waals surface area contributed by atoms with E-state index >= 15 is 0 Å². The molecular weight excluding hydrogens is 298 g/mol. The average molecular weight is 321 g/mol. The highest BCUT2D eigenvalue weighted by Gasteiger charge is 2.41. The molecule has 1 aliphatic heterocycles. The van der Waals surface area contributed by atoms with Crippen LogP contribution in [0.2, 0.25) is 0 Å². The first kappa shape index (κ1) is 16.6. The number of hydrogen-bond donors (Lipinski definition) is 1. The first-order chi connectivity index (χ1) is 11.8. The van der Waals surface area contributed by atoms with Crippen LogP contribution in [0.15, 0.2) is 54.6 Å². The van der Waals surface area contributed by atoms with Crippen molar-refractivity contribution in [1.29, 1.82) is 0 Å². The molecule has 2 aromatic carbocycles. The Kier molecular flexibility index (Phi) is 5.20. The molecule has 1 saturated heterocycles. The third kappa shape index (κ3) is 3.31. The van der Waals surface area contributed by atoms with Crippen LogP contribution >= 0.6 is 0 Å². The number of hydrogen-bond acceptors (Lipinski definition) is 3. The van der Waals surface area contributed by atoms with Gasteiger partial charge in [0.25, 0.3) is 0 Å². The Morgan fingerprint density at radius 2 is 2.00 bits per heavy atom. The van der Waals surface area contributed by atoms with E-state index < -0.39 is 0 Å². The summed E-state index contributed by atoms with van der Waals surface area (Å²) in [6.45, 7) is 1.73. The second-order valence-electron chi connectivity index (χ2n) is 6.11. The number of aliphatic hydroxyl groups is 1. The fraction of sp³-hybridized carbons (Fsp3) is 0.333. The molecule has 1 heterocycles. The van der Waals surface area contributed by atoms with Gasteiger partial charge < -0.3 is 9.84 Å². The van der Waals surface area contributed by atoms with E-state index in [0.717, 1.165) is 30.7 Å². The van der Waals surface area contributed by atoms with Crippen molar-refractivity contribution < 1.29 is 9.84 Å². The smallest absolute Gasteiger partial charge is 0.120 e. The first-order valence-corrected chi connectivity index (χ1v) is 8.33. The molecule has 2 aromatic rings. The van der Waals surface area contributed by atoms with Gasteiger partial charge in [-0.2, -0.15) is 0 Å². The van der Waals surface area contributed by atoms with Gasteiger partial charge in [-0.15, -0.1) is 0 Å². The van der Waals surface area contributed by atoms with Crippen molar-refractivity contribution in [2.75, 3.05) is 26.8 Å². The number of methoxy groups -OCH3 is 1. The van der Waals surface area contributed by atoms with E-state index in [1.807, 2.05) is 42.5 Å². The van der Waals surface area contributed by atoms with Crippen LogP contribution in [0.3, 0.4) is 0 Å². The van der Waals surface area contributed by atoms with E-state index in [0.29, 0.717) is 6.54 Å². The Bertz CT molecular complexity index is 732. The summed E-state index contributed by atoms with van der Waals surface area (Å²) in [5.41, 5.74) is 1.82. The molecule has 1 fully saturated rings. The summed E-state index contributed by atoms with van der Waals surface area (Å²) in [6.07, 6.45) is 2.05.